The summed E-state index contributed by atoms with van der Waals surface area (Å²) in [5.74, 6) is 6.66. The van der Waals surface area contributed by atoms with Gasteiger partial charge < -0.3 is 10.2 Å². The molecule has 0 bridgehead atoms. The van der Waals surface area contributed by atoms with Crippen molar-refractivity contribution in [2.75, 3.05) is 33.2 Å². The van der Waals surface area contributed by atoms with Crippen LogP contribution in [0.25, 0.3) is 0 Å². The number of nitrogens with zero attached hydrogens (tertiary/aromatic N) is 2. The molecule has 1 amide bonds. The summed E-state index contributed by atoms with van der Waals surface area (Å²) in [5, 5.41) is 4.90. The van der Waals surface area contributed by atoms with E-state index in [0.717, 1.165) is 32.5 Å². The minimum Gasteiger partial charge on any atom is -0.337 e. The minimum atomic E-state index is 0.274. The zero-order chi connectivity index (χ0) is 12.3. The maximum Gasteiger partial charge on any atom is 0.236 e. The Bertz CT molecular complexity index is 261. The number of hydrogen-bond acceptors (Lipinski definition) is 4. The first-order valence-electron chi connectivity index (χ1n) is 6.63. The molecule has 17 heavy (non-hydrogen) atoms. The molecule has 1 aliphatic carbocycles. The van der Waals surface area contributed by atoms with Crippen LogP contribution in [0.2, 0.25) is 0 Å². The first-order valence-corrected chi connectivity index (χ1v) is 6.63. The third-order valence-electron chi connectivity index (χ3n) is 3.93. The molecule has 0 spiro atoms. The van der Waals surface area contributed by atoms with Gasteiger partial charge in [-0.1, -0.05) is 0 Å². The Labute approximate surface area is 103 Å². The normalized spacial score (nSPS) is 31.0. The van der Waals surface area contributed by atoms with Crippen LogP contribution in [0.1, 0.15) is 25.7 Å². The maximum atomic E-state index is 11.8. The van der Waals surface area contributed by atoms with Gasteiger partial charge in [0.25, 0.3) is 0 Å². The molecule has 0 aromatic heterocycles. The first kappa shape index (κ1) is 12.8. The summed E-state index contributed by atoms with van der Waals surface area (Å²) >= 11 is 0. The van der Waals surface area contributed by atoms with Gasteiger partial charge in [0.05, 0.1) is 6.54 Å². The Morgan fingerprint density at radius 1 is 1.41 bits per heavy atom. The molecule has 0 aromatic carbocycles. The zero-order valence-corrected chi connectivity index (χ0v) is 10.7. The molecule has 2 rings (SSSR count). The van der Waals surface area contributed by atoms with Gasteiger partial charge in [-0.25, -0.2) is 5.01 Å². The van der Waals surface area contributed by atoms with Crippen LogP contribution in [-0.2, 0) is 4.79 Å². The number of amides is 1. The third-order valence-corrected chi connectivity index (χ3v) is 3.93. The number of hydrogen-bond donors (Lipinski definition) is 2. The van der Waals surface area contributed by atoms with Crippen LogP contribution >= 0.6 is 0 Å². The van der Waals surface area contributed by atoms with E-state index in [0.29, 0.717) is 18.5 Å². The predicted molar refractivity (Wildman–Crippen MR) is 67.1 cm³/mol. The fourth-order valence-corrected chi connectivity index (χ4v) is 3.05. The van der Waals surface area contributed by atoms with E-state index in [1.54, 1.807) is 5.01 Å². The lowest BCUT2D eigenvalue weighted by Gasteiger charge is -2.39. The van der Waals surface area contributed by atoms with E-state index in [1.165, 1.54) is 12.8 Å². The number of piperazine rings is 1. The van der Waals surface area contributed by atoms with E-state index in [4.69, 9.17) is 5.84 Å². The predicted octanol–water partition coefficient (Wildman–Crippen LogP) is -0.217. The first-order chi connectivity index (χ1) is 8.16. The molecule has 2 fully saturated rings. The van der Waals surface area contributed by atoms with Crippen molar-refractivity contribution < 1.29 is 4.79 Å². The highest BCUT2D eigenvalue weighted by molar-refractivity contribution is 5.79. The average molecular weight is 240 g/mol. The van der Waals surface area contributed by atoms with E-state index >= 15 is 0 Å². The van der Waals surface area contributed by atoms with E-state index < -0.39 is 0 Å². The maximum absolute atomic E-state index is 11.8. The molecule has 0 aromatic rings. The second kappa shape index (κ2) is 5.80. The molecular formula is C12H24N4O. The monoisotopic (exact) mass is 240 g/mol. The number of nitrogens with one attached hydrogen (secondary N) is 1. The fourth-order valence-electron chi connectivity index (χ4n) is 3.05. The van der Waals surface area contributed by atoms with Gasteiger partial charge in [0.15, 0.2) is 0 Å². The number of nitrogens with two attached hydrogens (primary N) is 1. The number of rotatable bonds is 3. The summed E-state index contributed by atoms with van der Waals surface area (Å²) in [4.78, 5) is 13.9. The Balaban J connectivity index is 1.80. The van der Waals surface area contributed by atoms with Crippen LogP contribution in [-0.4, -0.2) is 55.1 Å². The van der Waals surface area contributed by atoms with Gasteiger partial charge in [-0.3, -0.25) is 10.6 Å². The van der Waals surface area contributed by atoms with Crippen LogP contribution in [0.3, 0.4) is 0 Å². The molecule has 0 unspecified atom stereocenters. The number of carbonyl (C=O) groups is 1. The van der Waals surface area contributed by atoms with E-state index in [9.17, 15) is 4.79 Å². The quantitative estimate of drug-likeness (QED) is 0.529. The summed E-state index contributed by atoms with van der Waals surface area (Å²) in [6, 6.07) is 0.476. The van der Waals surface area contributed by atoms with Crippen molar-refractivity contribution >= 4 is 5.91 Å². The van der Waals surface area contributed by atoms with Crippen molar-refractivity contribution in [1.82, 2.24) is 15.2 Å². The van der Waals surface area contributed by atoms with Crippen LogP contribution in [0.15, 0.2) is 0 Å². The Morgan fingerprint density at radius 2 is 2.12 bits per heavy atom. The number of carbonyl (C=O) groups excluding carboxylic acids is 1. The SMILES string of the molecule is CN(N)CC1CCC(N2CCNCC2=O)CC1. The van der Waals surface area contributed by atoms with Crippen molar-refractivity contribution in [2.45, 2.75) is 31.7 Å². The lowest BCUT2D eigenvalue weighted by atomic mass is 9.85. The molecule has 3 N–H and O–H groups in total. The Morgan fingerprint density at radius 3 is 2.71 bits per heavy atom. The second-order valence-electron chi connectivity index (χ2n) is 5.38. The van der Waals surface area contributed by atoms with Crippen molar-refractivity contribution in [3.8, 4) is 0 Å². The Kier molecular flexibility index (Phi) is 4.36. The van der Waals surface area contributed by atoms with Crippen molar-refractivity contribution in [2.24, 2.45) is 11.8 Å². The van der Waals surface area contributed by atoms with Gasteiger partial charge in [-0.05, 0) is 31.6 Å². The van der Waals surface area contributed by atoms with Crippen LogP contribution in [0.4, 0.5) is 0 Å². The third kappa shape index (κ3) is 3.40. The molecule has 1 heterocycles. The topological polar surface area (TPSA) is 61.6 Å². The molecule has 1 saturated heterocycles. The summed E-state index contributed by atoms with van der Waals surface area (Å²) in [6.45, 7) is 3.32. The summed E-state index contributed by atoms with van der Waals surface area (Å²) < 4.78 is 0. The van der Waals surface area contributed by atoms with Crippen molar-refractivity contribution in [3.05, 3.63) is 0 Å². The van der Waals surface area contributed by atoms with Gasteiger partial charge in [0, 0.05) is 32.7 Å². The zero-order valence-electron chi connectivity index (χ0n) is 10.7. The highest BCUT2D eigenvalue weighted by Crippen LogP contribution is 2.28. The molecule has 1 saturated carbocycles. The lowest BCUT2D eigenvalue weighted by molar-refractivity contribution is -0.135. The van der Waals surface area contributed by atoms with E-state index in [2.05, 4.69) is 10.2 Å². The van der Waals surface area contributed by atoms with Crippen LogP contribution < -0.4 is 11.2 Å². The smallest absolute Gasteiger partial charge is 0.236 e. The molecule has 0 radical (unpaired) electrons. The van der Waals surface area contributed by atoms with Gasteiger partial charge in [-0.15, -0.1) is 0 Å². The molecule has 1 aliphatic heterocycles. The molecule has 2 aliphatic rings. The molecule has 0 atom stereocenters. The van der Waals surface area contributed by atoms with Gasteiger partial charge >= 0.3 is 0 Å². The fraction of sp³-hybridized carbons (Fsp3) is 0.917. The van der Waals surface area contributed by atoms with Gasteiger partial charge in [-0.2, -0.15) is 0 Å². The summed E-state index contributed by atoms with van der Waals surface area (Å²) in [5.41, 5.74) is 0. The standard InChI is InChI=1S/C12H24N4O/c1-15(13)9-10-2-4-11(5-3-10)16-7-6-14-8-12(16)17/h10-11,14H,2-9,13H2,1H3. The minimum absolute atomic E-state index is 0.274. The van der Waals surface area contributed by atoms with Crippen LogP contribution in [0, 0.1) is 5.92 Å². The second-order valence-corrected chi connectivity index (χ2v) is 5.38. The summed E-state index contributed by atoms with van der Waals surface area (Å²) in [7, 11) is 1.92. The highest BCUT2D eigenvalue weighted by atomic mass is 16.2. The van der Waals surface area contributed by atoms with E-state index in [-0.39, 0.29) is 5.91 Å². The lowest BCUT2D eigenvalue weighted by Crippen LogP contribution is -2.53. The molecule has 98 valence electrons. The van der Waals surface area contributed by atoms with Crippen LogP contribution in [0.5, 0.6) is 0 Å². The largest absolute Gasteiger partial charge is 0.337 e. The van der Waals surface area contributed by atoms with E-state index in [1.807, 2.05) is 7.05 Å². The highest BCUT2D eigenvalue weighted by Gasteiger charge is 2.29. The van der Waals surface area contributed by atoms with Crippen molar-refractivity contribution in [3.63, 3.8) is 0 Å². The molecular weight excluding hydrogens is 216 g/mol. The average Bonchev–Trinajstić information content (AvgIpc) is 2.30. The Hall–Kier alpha value is -0.650. The summed E-state index contributed by atoms with van der Waals surface area (Å²) in [6.07, 6.45) is 4.68. The molecule has 5 heteroatoms. The van der Waals surface area contributed by atoms with Gasteiger partial charge in [0.1, 0.15) is 0 Å². The van der Waals surface area contributed by atoms with Crippen molar-refractivity contribution in [1.29, 1.82) is 0 Å². The van der Waals surface area contributed by atoms with Gasteiger partial charge in [0.2, 0.25) is 5.91 Å². The number of hydrazine groups is 1. The molecule has 5 nitrogen and oxygen atoms in total.